The minimum atomic E-state index is -4.80. The van der Waals surface area contributed by atoms with Crippen molar-refractivity contribution in [1.29, 1.82) is 0 Å². The van der Waals surface area contributed by atoms with Crippen LogP contribution in [0.25, 0.3) is 16.8 Å². The SMILES string of the molecule is Nc1nnc(-c2ccc(C3CC3)cc2OC(F)(F)F)c2cncn12. The Bertz CT molecular complexity index is 917. The molecule has 0 saturated heterocycles. The number of fused-ring (bicyclic) bond motifs is 1. The highest BCUT2D eigenvalue weighted by Gasteiger charge is 2.34. The average molecular weight is 335 g/mol. The van der Waals surface area contributed by atoms with Crippen molar-refractivity contribution in [2.24, 2.45) is 0 Å². The third-order valence-corrected chi connectivity index (χ3v) is 3.92. The molecule has 0 radical (unpaired) electrons. The Balaban J connectivity index is 1.89. The van der Waals surface area contributed by atoms with Crippen LogP contribution in [0.3, 0.4) is 0 Å². The molecular weight excluding hydrogens is 323 g/mol. The van der Waals surface area contributed by atoms with E-state index in [9.17, 15) is 13.2 Å². The fraction of sp³-hybridized carbons (Fsp3) is 0.267. The van der Waals surface area contributed by atoms with Gasteiger partial charge in [-0.05, 0) is 36.5 Å². The fourth-order valence-corrected chi connectivity index (χ4v) is 2.66. The van der Waals surface area contributed by atoms with Crippen molar-refractivity contribution in [2.45, 2.75) is 25.1 Å². The Morgan fingerprint density at radius 3 is 2.71 bits per heavy atom. The van der Waals surface area contributed by atoms with Crippen LogP contribution in [0.1, 0.15) is 24.3 Å². The maximum Gasteiger partial charge on any atom is 0.573 e. The number of aromatic nitrogens is 4. The quantitative estimate of drug-likeness (QED) is 0.795. The Kier molecular flexibility index (Phi) is 3.12. The van der Waals surface area contributed by atoms with Crippen molar-refractivity contribution < 1.29 is 17.9 Å². The number of alkyl halides is 3. The van der Waals surface area contributed by atoms with Crippen LogP contribution in [0.5, 0.6) is 5.75 Å². The van der Waals surface area contributed by atoms with Crippen LogP contribution in [-0.2, 0) is 0 Å². The van der Waals surface area contributed by atoms with E-state index >= 15 is 0 Å². The van der Waals surface area contributed by atoms with Gasteiger partial charge in [-0.15, -0.1) is 23.4 Å². The number of rotatable bonds is 3. The van der Waals surface area contributed by atoms with Crippen molar-refractivity contribution in [3.05, 3.63) is 36.3 Å². The van der Waals surface area contributed by atoms with Gasteiger partial charge in [0.15, 0.2) is 0 Å². The number of hydrogen-bond acceptors (Lipinski definition) is 5. The molecule has 24 heavy (non-hydrogen) atoms. The van der Waals surface area contributed by atoms with Crippen LogP contribution in [0.2, 0.25) is 0 Å². The molecule has 3 aromatic rings. The highest BCUT2D eigenvalue weighted by molar-refractivity contribution is 5.81. The van der Waals surface area contributed by atoms with Crippen LogP contribution in [-0.4, -0.2) is 25.9 Å². The second-order valence-electron chi connectivity index (χ2n) is 5.63. The maximum absolute atomic E-state index is 12.8. The largest absolute Gasteiger partial charge is 0.573 e. The smallest absolute Gasteiger partial charge is 0.405 e. The minimum absolute atomic E-state index is 0.0964. The van der Waals surface area contributed by atoms with E-state index in [-0.39, 0.29) is 23.0 Å². The van der Waals surface area contributed by atoms with Crippen molar-refractivity contribution in [3.8, 4) is 17.0 Å². The fourth-order valence-electron chi connectivity index (χ4n) is 2.66. The lowest BCUT2D eigenvalue weighted by atomic mass is 10.0. The van der Waals surface area contributed by atoms with E-state index in [2.05, 4.69) is 19.9 Å². The first-order chi connectivity index (χ1) is 11.4. The Labute approximate surface area is 134 Å². The first kappa shape index (κ1) is 14.7. The Morgan fingerprint density at radius 2 is 2.00 bits per heavy atom. The molecule has 0 aliphatic heterocycles. The van der Waals surface area contributed by atoms with Gasteiger partial charge in [0.1, 0.15) is 17.8 Å². The second-order valence-corrected chi connectivity index (χ2v) is 5.63. The average Bonchev–Trinajstić information content (AvgIpc) is 3.24. The molecule has 6 nitrogen and oxygen atoms in total. The first-order valence-corrected chi connectivity index (χ1v) is 7.26. The summed E-state index contributed by atoms with van der Waals surface area (Å²) in [6, 6.07) is 4.79. The summed E-state index contributed by atoms with van der Waals surface area (Å²) in [6.07, 6.45) is 0.0334. The molecule has 1 aliphatic carbocycles. The molecular formula is C15H12F3N5O. The molecule has 1 fully saturated rings. The minimum Gasteiger partial charge on any atom is -0.405 e. The zero-order valence-electron chi connectivity index (χ0n) is 12.3. The predicted octanol–water partition coefficient (Wildman–Crippen LogP) is 3.15. The highest BCUT2D eigenvalue weighted by atomic mass is 19.4. The van der Waals surface area contributed by atoms with E-state index in [1.165, 1.54) is 23.0 Å². The number of imidazole rings is 1. The zero-order valence-corrected chi connectivity index (χ0v) is 12.3. The summed E-state index contributed by atoms with van der Waals surface area (Å²) in [4.78, 5) is 3.95. The van der Waals surface area contributed by atoms with E-state index < -0.39 is 6.36 Å². The molecule has 124 valence electrons. The summed E-state index contributed by atoms with van der Waals surface area (Å²) >= 11 is 0. The van der Waals surface area contributed by atoms with Gasteiger partial charge in [-0.3, -0.25) is 4.40 Å². The molecule has 1 aliphatic rings. The van der Waals surface area contributed by atoms with Crippen molar-refractivity contribution in [1.82, 2.24) is 19.6 Å². The van der Waals surface area contributed by atoms with Crippen LogP contribution < -0.4 is 10.5 Å². The molecule has 0 bridgehead atoms. The van der Waals surface area contributed by atoms with Gasteiger partial charge >= 0.3 is 6.36 Å². The summed E-state index contributed by atoms with van der Waals surface area (Å²) in [5, 5.41) is 7.72. The standard InChI is InChI=1S/C15H12F3N5O/c16-15(17,18)24-12-5-9(8-1-2-8)3-4-10(12)13-11-6-20-7-23(11)14(19)22-21-13/h3-8H,1-2H2,(H2,19,22). The third-order valence-electron chi connectivity index (χ3n) is 3.92. The van der Waals surface area contributed by atoms with Crippen molar-refractivity contribution >= 4 is 11.5 Å². The van der Waals surface area contributed by atoms with Gasteiger partial charge in [-0.25, -0.2) is 4.98 Å². The topological polar surface area (TPSA) is 78.3 Å². The van der Waals surface area contributed by atoms with E-state index in [0.29, 0.717) is 11.4 Å². The van der Waals surface area contributed by atoms with E-state index in [4.69, 9.17) is 5.73 Å². The molecule has 0 atom stereocenters. The molecule has 1 aromatic carbocycles. The number of halogens is 3. The van der Waals surface area contributed by atoms with Gasteiger partial charge in [-0.2, -0.15) is 0 Å². The number of nitrogen functional groups attached to an aromatic ring is 1. The van der Waals surface area contributed by atoms with E-state index in [1.54, 1.807) is 12.1 Å². The number of nitrogens with two attached hydrogens (primary N) is 1. The highest BCUT2D eigenvalue weighted by Crippen LogP contribution is 2.44. The van der Waals surface area contributed by atoms with Gasteiger partial charge in [-0.1, -0.05) is 6.07 Å². The number of anilines is 1. The van der Waals surface area contributed by atoms with Crippen LogP contribution >= 0.6 is 0 Å². The molecule has 2 N–H and O–H groups in total. The number of nitrogens with zero attached hydrogens (tertiary/aromatic N) is 4. The van der Waals surface area contributed by atoms with Gasteiger partial charge in [0, 0.05) is 5.56 Å². The number of hydrogen-bond donors (Lipinski definition) is 1. The van der Waals surface area contributed by atoms with Crippen molar-refractivity contribution in [3.63, 3.8) is 0 Å². The maximum atomic E-state index is 12.8. The Morgan fingerprint density at radius 1 is 1.21 bits per heavy atom. The van der Waals surface area contributed by atoms with Gasteiger partial charge in [0.05, 0.1) is 11.7 Å². The van der Waals surface area contributed by atoms with Crippen molar-refractivity contribution in [2.75, 3.05) is 5.73 Å². The molecule has 2 heterocycles. The monoisotopic (exact) mass is 335 g/mol. The molecule has 2 aromatic heterocycles. The molecule has 9 heteroatoms. The summed E-state index contributed by atoms with van der Waals surface area (Å²) in [5.74, 6) is 0.0929. The summed E-state index contributed by atoms with van der Waals surface area (Å²) < 4.78 is 44.1. The molecule has 4 rings (SSSR count). The Hall–Kier alpha value is -2.84. The van der Waals surface area contributed by atoms with Crippen LogP contribution in [0, 0.1) is 0 Å². The van der Waals surface area contributed by atoms with E-state index in [1.807, 2.05) is 0 Å². The third kappa shape index (κ3) is 2.61. The number of benzene rings is 1. The zero-order chi connectivity index (χ0) is 16.9. The van der Waals surface area contributed by atoms with E-state index in [0.717, 1.165) is 18.4 Å². The molecule has 0 unspecified atom stereocenters. The van der Waals surface area contributed by atoms with Gasteiger partial charge < -0.3 is 10.5 Å². The van der Waals surface area contributed by atoms with Gasteiger partial charge in [0.25, 0.3) is 0 Å². The molecule has 0 amide bonds. The lowest BCUT2D eigenvalue weighted by Gasteiger charge is -2.15. The molecule has 1 saturated carbocycles. The molecule has 0 spiro atoms. The van der Waals surface area contributed by atoms with Crippen LogP contribution in [0.15, 0.2) is 30.7 Å². The number of ether oxygens (including phenoxy) is 1. The van der Waals surface area contributed by atoms with Gasteiger partial charge in [0.2, 0.25) is 5.95 Å². The predicted molar refractivity (Wildman–Crippen MR) is 79.3 cm³/mol. The summed E-state index contributed by atoms with van der Waals surface area (Å²) in [5.41, 5.74) is 7.39. The summed E-state index contributed by atoms with van der Waals surface area (Å²) in [7, 11) is 0. The lowest BCUT2D eigenvalue weighted by Crippen LogP contribution is -2.18. The summed E-state index contributed by atoms with van der Waals surface area (Å²) in [6.45, 7) is 0. The first-order valence-electron chi connectivity index (χ1n) is 7.26. The lowest BCUT2D eigenvalue weighted by molar-refractivity contribution is -0.274. The normalized spacial score (nSPS) is 15.0. The second kappa shape index (κ2) is 5.08. The van der Waals surface area contributed by atoms with Crippen LogP contribution in [0.4, 0.5) is 19.1 Å².